The Morgan fingerprint density at radius 3 is 2.80 bits per heavy atom. The van der Waals surface area contributed by atoms with Crippen LogP contribution in [0.15, 0.2) is 39.4 Å². The molecule has 0 saturated heterocycles. The predicted octanol–water partition coefficient (Wildman–Crippen LogP) is 1.36. The van der Waals surface area contributed by atoms with Gasteiger partial charge in [-0.25, -0.2) is 4.98 Å². The summed E-state index contributed by atoms with van der Waals surface area (Å²) in [5, 5.41) is 11.6. The van der Waals surface area contributed by atoms with Gasteiger partial charge in [0.2, 0.25) is 5.89 Å². The molecule has 1 unspecified atom stereocenters. The van der Waals surface area contributed by atoms with Gasteiger partial charge in [0.05, 0.1) is 6.61 Å². The van der Waals surface area contributed by atoms with Gasteiger partial charge in [-0.05, 0) is 17.7 Å². The summed E-state index contributed by atoms with van der Waals surface area (Å²) in [5.41, 5.74) is 6.65. The second-order valence-electron chi connectivity index (χ2n) is 4.17. The lowest BCUT2D eigenvalue weighted by Crippen LogP contribution is -2.23. The number of nitrogens with two attached hydrogens (primary N) is 1. The first-order valence-electron chi connectivity index (χ1n) is 5.94. The molecule has 1 atom stereocenters. The standard InChI is InChI=1S/C13H14BrN3O3/c14-9-3-1-8(2-4-9)5-16-12(19)11-7-20-13(17-11)10(15)6-18/h1-4,7,10,18H,5-6,15H2,(H,16,19). The van der Waals surface area contributed by atoms with E-state index < -0.39 is 6.04 Å². The van der Waals surface area contributed by atoms with Crippen LogP contribution in [-0.4, -0.2) is 22.6 Å². The molecule has 0 spiro atoms. The molecular formula is C13H14BrN3O3. The molecule has 106 valence electrons. The van der Waals surface area contributed by atoms with Gasteiger partial charge in [0.1, 0.15) is 12.3 Å². The zero-order valence-electron chi connectivity index (χ0n) is 10.5. The van der Waals surface area contributed by atoms with Crippen LogP contribution in [-0.2, 0) is 6.54 Å². The molecule has 20 heavy (non-hydrogen) atoms. The third kappa shape index (κ3) is 3.66. The molecule has 0 aliphatic heterocycles. The lowest BCUT2D eigenvalue weighted by Gasteiger charge is -2.03. The minimum Gasteiger partial charge on any atom is -0.446 e. The number of carbonyl (C=O) groups is 1. The summed E-state index contributed by atoms with van der Waals surface area (Å²) in [6.07, 6.45) is 1.22. The van der Waals surface area contributed by atoms with Crippen molar-refractivity contribution in [3.63, 3.8) is 0 Å². The number of nitrogens with zero attached hydrogens (tertiary/aromatic N) is 1. The smallest absolute Gasteiger partial charge is 0.273 e. The molecule has 1 aromatic heterocycles. The molecule has 7 heteroatoms. The second-order valence-corrected chi connectivity index (χ2v) is 5.08. The number of aliphatic hydroxyl groups is 1. The minimum atomic E-state index is -0.719. The van der Waals surface area contributed by atoms with Crippen LogP contribution in [0.1, 0.15) is 28.0 Å². The van der Waals surface area contributed by atoms with Crippen LogP contribution in [0.5, 0.6) is 0 Å². The first-order valence-corrected chi connectivity index (χ1v) is 6.74. The second kappa shape index (κ2) is 6.65. The predicted molar refractivity (Wildman–Crippen MR) is 75.8 cm³/mol. The summed E-state index contributed by atoms with van der Waals surface area (Å²) in [5.74, 6) is -0.214. The van der Waals surface area contributed by atoms with E-state index in [1.54, 1.807) is 0 Å². The zero-order valence-corrected chi connectivity index (χ0v) is 12.1. The summed E-state index contributed by atoms with van der Waals surface area (Å²) < 4.78 is 6.02. The van der Waals surface area contributed by atoms with Crippen molar-refractivity contribution in [3.05, 3.63) is 52.1 Å². The van der Waals surface area contributed by atoms with E-state index in [9.17, 15) is 4.79 Å². The third-order valence-corrected chi connectivity index (χ3v) is 3.16. The lowest BCUT2D eigenvalue weighted by atomic mass is 10.2. The third-order valence-electron chi connectivity index (χ3n) is 2.63. The molecule has 1 aromatic carbocycles. The highest BCUT2D eigenvalue weighted by Crippen LogP contribution is 2.11. The molecule has 0 radical (unpaired) electrons. The average molecular weight is 340 g/mol. The van der Waals surface area contributed by atoms with E-state index in [4.69, 9.17) is 15.3 Å². The molecule has 2 rings (SSSR count). The van der Waals surface area contributed by atoms with Crippen molar-refractivity contribution in [3.8, 4) is 0 Å². The molecule has 6 nitrogen and oxygen atoms in total. The van der Waals surface area contributed by atoms with E-state index in [0.29, 0.717) is 6.54 Å². The molecule has 0 aliphatic carbocycles. The lowest BCUT2D eigenvalue weighted by molar-refractivity contribution is 0.0946. The number of aromatic nitrogens is 1. The number of rotatable bonds is 5. The van der Waals surface area contributed by atoms with Gasteiger partial charge in [0.15, 0.2) is 5.69 Å². The highest BCUT2D eigenvalue weighted by atomic mass is 79.9. The molecule has 0 aliphatic rings. The molecule has 2 aromatic rings. The summed E-state index contributed by atoms with van der Waals surface area (Å²) in [6, 6.07) is 6.88. The number of hydrogen-bond donors (Lipinski definition) is 3. The van der Waals surface area contributed by atoms with E-state index in [2.05, 4.69) is 26.2 Å². The molecule has 1 amide bonds. The maximum atomic E-state index is 11.9. The highest BCUT2D eigenvalue weighted by molar-refractivity contribution is 9.10. The topological polar surface area (TPSA) is 101 Å². The minimum absolute atomic E-state index is 0.140. The number of halogens is 1. The Balaban J connectivity index is 1.94. The Morgan fingerprint density at radius 1 is 1.45 bits per heavy atom. The average Bonchev–Trinajstić information content (AvgIpc) is 2.95. The Morgan fingerprint density at radius 2 is 2.15 bits per heavy atom. The Bertz CT molecular complexity index is 583. The first kappa shape index (κ1) is 14.7. The molecule has 1 heterocycles. The fourth-order valence-corrected chi connectivity index (χ4v) is 1.78. The molecular weight excluding hydrogens is 326 g/mol. The Kier molecular flexibility index (Phi) is 4.89. The Labute approximate surface area is 124 Å². The molecule has 0 bridgehead atoms. The number of amides is 1. The van der Waals surface area contributed by atoms with Crippen LogP contribution in [0, 0.1) is 0 Å². The van der Waals surface area contributed by atoms with Gasteiger partial charge >= 0.3 is 0 Å². The molecule has 0 saturated carbocycles. The summed E-state index contributed by atoms with van der Waals surface area (Å²) >= 11 is 3.34. The van der Waals surface area contributed by atoms with Crippen molar-refractivity contribution in [1.82, 2.24) is 10.3 Å². The van der Waals surface area contributed by atoms with Gasteiger partial charge in [-0.1, -0.05) is 28.1 Å². The van der Waals surface area contributed by atoms with E-state index in [1.165, 1.54) is 6.26 Å². The van der Waals surface area contributed by atoms with Gasteiger partial charge in [0.25, 0.3) is 5.91 Å². The van der Waals surface area contributed by atoms with Gasteiger partial charge in [-0.15, -0.1) is 0 Å². The maximum absolute atomic E-state index is 11.9. The first-order chi connectivity index (χ1) is 9.60. The Hall–Kier alpha value is -1.70. The van der Waals surface area contributed by atoms with Gasteiger partial charge in [-0.2, -0.15) is 0 Å². The van der Waals surface area contributed by atoms with Crippen molar-refractivity contribution in [2.24, 2.45) is 5.73 Å². The van der Waals surface area contributed by atoms with Crippen molar-refractivity contribution in [2.75, 3.05) is 6.61 Å². The number of hydrogen-bond acceptors (Lipinski definition) is 5. The van der Waals surface area contributed by atoms with Crippen molar-refractivity contribution < 1.29 is 14.3 Å². The molecule has 4 N–H and O–H groups in total. The highest BCUT2D eigenvalue weighted by Gasteiger charge is 2.16. The summed E-state index contributed by atoms with van der Waals surface area (Å²) in [7, 11) is 0. The van der Waals surface area contributed by atoms with E-state index in [0.717, 1.165) is 10.0 Å². The monoisotopic (exact) mass is 339 g/mol. The maximum Gasteiger partial charge on any atom is 0.273 e. The van der Waals surface area contributed by atoms with Crippen LogP contribution in [0.4, 0.5) is 0 Å². The van der Waals surface area contributed by atoms with Crippen LogP contribution in [0.2, 0.25) is 0 Å². The van der Waals surface area contributed by atoms with E-state index >= 15 is 0 Å². The SMILES string of the molecule is NC(CO)c1nc(C(=O)NCc2ccc(Br)cc2)co1. The quantitative estimate of drug-likeness (QED) is 0.763. The van der Waals surface area contributed by atoms with E-state index in [-0.39, 0.29) is 24.1 Å². The fraction of sp³-hybridized carbons (Fsp3) is 0.231. The van der Waals surface area contributed by atoms with Gasteiger partial charge < -0.3 is 20.6 Å². The largest absolute Gasteiger partial charge is 0.446 e. The number of oxazole rings is 1. The number of aliphatic hydroxyl groups excluding tert-OH is 1. The fourth-order valence-electron chi connectivity index (χ4n) is 1.52. The van der Waals surface area contributed by atoms with Gasteiger partial charge in [0, 0.05) is 11.0 Å². The van der Waals surface area contributed by atoms with Crippen LogP contribution >= 0.6 is 15.9 Å². The van der Waals surface area contributed by atoms with Gasteiger partial charge in [-0.3, -0.25) is 4.79 Å². The number of benzene rings is 1. The molecule has 0 fully saturated rings. The zero-order chi connectivity index (χ0) is 14.5. The normalized spacial score (nSPS) is 12.2. The van der Waals surface area contributed by atoms with Crippen molar-refractivity contribution in [1.29, 1.82) is 0 Å². The van der Waals surface area contributed by atoms with E-state index in [1.807, 2.05) is 24.3 Å². The number of nitrogens with one attached hydrogen (secondary N) is 1. The van der Waals surface area contributed by atoms with Crippen LogP contribution in [0.25, 0.3) is 0 Å². The van der Waals surface area contributed by atoms with Crippen molar-refractivity contribution >= 4 is 21.8 Å². The summed E-state index contributed by atoms with van der Waals surface area (Å²) in [4.78, 5) is 15.8. The van der Waals surface area contributed by atoms with Crippen molar-refractivity contribution in [2.45, 2.75) is 12.6 Å². The summed E-state index contributed by atoms with van der Waals surface area (Å²) in [6.45, 7) is 0.0980. The van der Waals surface area contributed by atoms with Crippen LogP contribution in [0.3, 0.4) is 0 Å². The number of carbonyl (C=O) groups excluding carboxylic acids is 1. The van der Waals surface area contributed by atoms with Crippen LogP contribution < -0.4 is 11.1 Å².